The molecule has 1 amide bonds. The topological polar surface area (TPSA) is 74.8 Å². The molecular weight excluding hydrogens is 424 g/mol. The molecule has 0 spiro atoms. The zero-order valence-corrected chi connectivity index (χ0v) is 18.8. The van der Waals surface area contributed by atoms with Crippen LogP contribution in [0.1, 0.15) is 36.7 Å². The van der Waals surface area contributed by atoms with Gasteiger partial charge in [-0.1, -0.05) is 62.7 Å². The fourth-order valence-electron chi connectivity index (χ4n) is 3.30. The van der Waals surface area contributed by atoms with Crippen molar-refractivity contribution in [3.05, 3.63) is 64.7 Å². The second kappa shape index (κ2) is 8.49. The molecule has 8 heteroatoms. The molecule has 2 aromatic carbocycles. The number of carbonyl (C=O) groups is 2. The van der Waals surface area contributed by atoms with Crippen LogP contribution in [0.25, 0.3) is 0 Å². The summed E-state index contributed by atoms with van der Waals surface area (Å²) in [5.74, 6) is -1.19. The second-order valence-electron chi connectivity index (χ2n) is 8.31. The van der Waals surface area contributed by atoms with Gasteiger partial charge in [0.2, 0.25) is 15.8 Å². The maximum atomic E-state index is 12.8. The Morgan fingerprint density at radius 3 is 2.07 bits per heavy atom. The Labute approximate surface area is 182 Å². The molecule has 0 N–H and O–H groups in total. The summed E-state index contributed by atoms with van der Waals surface area (Å²) in [7, 11) is -3.70. The fraction of sp³-hybridized carbons (Fsp3) is 0.364. The normalized spacial score (nSPS) is 15.8. The molecular formula is C22H25ClN2O4S. The number of Topliss-reactive ketones (excluding diaryl/α,β-unsaturated/α-hetero) is 1. The van der Waals surface area contributed by atoms with E-state index >= 15 is 0 Å². The van der Waals surface area contributed by atoms with E-state index in [2.05, 4.69) is 20.8 Å². The van der Waals surface area contributed by atoms with Crippen molar-refractivity contribution >= 4 is 33.3 Å². The van der Waals surface area contributed by atoms with Crippen molar-refractivity contribution < 1.29 is 18.0 Å². The lowest BCUT2D eigenvalue weighted by atomic mass is 9.86. The minimum Gasteiger partial charge on any atom is -0.333 e. The molecule has 1 aliphatic rings. The van der Waals surface area contributed by atoms with Crippen molar-refractivity contribution in [2.45, 2.75) is 31.1 Å². The summed E-state index contributed by atoms with van der Waals surface area (Å²) in [6.07, 6.45) is 0. The number of nitrogens with zero attached hydrogens (tertiary/aromatic N) is 2. The summed E-state index contributed by atoms with van der Waals surface area (Å²) in [6.45, 7) is 6.78. The van der Waals surface area contributed by atoms with Crippen LogP contribution in [-0.4, -0.2) is 55.5 Å². The summed E-state index contributed by atoms with van der Waals surface area (Å²) in [5, 5.41) is 0.341. The highest BCUT2D eigenvalue weighted by atomic mass is 35.5. The third-order valence-corrected chi connectivity index (χ3v) is 7.30. The number of rotatable bonds is 4. The van der Waals surface area contributed by atoms with Crippen molar-refractivity contribution in [3.63, 3.8) is 0 Å². The van der Waals surface area contributed by atoms with Crippen LogP contribution >= 0.6 is 11.6 Å². The van der Waals surface area contributed by atoms with E-state index in [4.69, 9.17) is 11.6 Å². The molecule has 1 saturated heterocycles. The van der Waals surface area contributed by atoms with Gasteiger partial charge in [0.1, 0.15) is 0 Å². The highest BCUT2D eigenvalue weighted by Crippen LogP contribution is 2.23. The lowest BCUT2D eigenvalue weighted by Gasteiger charge is -2.33. The molecule has 0 aliphatic carbocycles. The largest absolute Gasteiger partial charge is 0.333 e. The summed E-state index contributed by atoms with van der Waals surface area (Å²) in [6, 6.07) is 13.1. The van der Waals surface area contributed by atoms with Gasteiger partial charge in [-0.05, 0) is 29.2 Å². The first-order chi connectivity index (χ1) is 14.0. The van der Waals surface area contributed by atoms with Crippen LogP contribution in [0.3, 0.4) is 0 Å². The summed E-state index contributed by atoms with van der Waals surface area (Å²) in [4.78, 5) is 26.8. The van der Waals surface area contributed by atoms with Crippen molar-refractivity contribution in [2.75, 3.05) is 26.2 Å². The van der Waals surface area contributed by atoms with E-state index in [1.54, 1.807) is 24.3 Å². The summed E-state index contributed by atoms with van der Waals surface area (Å²) >= 11 is 5.91. The fourth-order valence-corrected chi connectivity index (χ4v) is 5.02. The van der Waals surface area contributed by atoms with E-state index in [9.17, 15) is 18.0 Å². The quantitative estimate of drug-likeness (QED) is 0.531. The van der Waals surface area contributed by atoms with Crippen molar-refractivity contribution in [3.8, 4) is 0 Å². The molecule has 3 rings (SSSR count). The maximum Gasteiger partial charge on any atom is 0.295 e. The highest BCUT2D eigenvalue weighted by Gasteiger charge is 2.32. The average Bonchev–Trinajstić information content (AvgIpc) is 2.72. The van der Waals surface area contributed by atoms with Crippen LogP contribution in [0.4, 0.5) is 0 Å². The lowest BCUT2D eigenvalue weighted by molar-refractivity contribution is -0.127. The molecule has 0 saturated carbocycles. The zero-order valence-electron chi connectivity index (χ0n) is 17.3. The van der Waals surface area contributed by atoms with Gasteiger partial charge >= 0.3 is 0 Å². The van der Waals surface area contributed by atoms with Gasteiger partial charge in [-0.25, -0.2) is 8.42 Å². The van der Waals surface area contributed by atoms with Crippen LogP contribution in [-0.2, 0) is 20.2 Å². The van der Waals surface area contributed by atoms with Gasteiger partial charge in [0.05, 0.1) is 4.90 Å². The van der Waals surface area contributed by atoms with Crippen molar-refractivity contribution in [1.82, 2.24) is 9.21 Å². The van der Waals surface area contributed by atoms with Gasteiger partial charge in [-0.3, -0.25) is 9.59 Å². The molecule has 2 aromatic rings. The monoisotopic (exact) mass is 448 g/mol. The SMILES string of the molecule is CC(C)(C)c1ccc(C(=O)C(=O)N2CCN(S(=O)(=O)c3cccc(Cl)c3)CC2)cc1. The number of sulfonamides is 1. The first-order valence-corrected chi connectivity index (χ1v) is 11.5. The first kappa shape index (κ1) is 22.5. The molecule has 30 heavy (non-hydrogen) atoms. The van der Waals surface area contributed by atoms with Gasteiger partial charge in [0.15, 0.2) is 0 Å². The number of hydrogen-bond donors (Lipinski definition) is 0. The van der Waals surface area contributed by atoms with Gasteiger partial charge in [0.25, 0.3) is 5.91 Å². The number of hydrogen-bond acceptors (Lipinski definition) is 4. The molecule has 0 aromatic heterocycles. The predicted molar refractivity (Wildman–Crippen MR) is 116 cm³/mol. The number of benzene rings is 2. The number of ketones is 1. The summed E-state index contributed by atoms with van der Waals surface area (Å²) < 4.78 is 26.9. The van der Waals surface area contributed by atoms with Crippen molar-refractivity contribution in [2.24, 2.45) is 0 Å². The molecule has 1 aliphatic heterocycles. The Morgan fingerprint density at radius 1 is 0.933 bits per heavy atom. The summed E-state index contributed by atoms with van der Waals surface area (Å²) in [5.41, 5.74) is 1.37. The van der Waals surface area contributed by atoms with E-state index in [1.165, 1.54) is 21.3 Å². The van der Waals surface area contributed by atoms with Crippen molar-refractivity contribution in [1.29, 1.82) is 0 Å². The van der Waals surface area contributed by atoms with Crippen LogP contribution in [0, 0.1) is 0 Å². The maximum absolute atomic E-state index is 12.8. The lowest BCUT2D eigenvalue weighted by Crippen LogP contribution is -2.52. The number of piperazine rings is 1. The molecule has 0 radical (unpaired) electrons. The Balaban J connectivity index is 1.66. The average molecular weight is 449 g/mol. The minimum absolute atomic E-state index is 0.0453. The van der Waals surface area contributed by atoms with Crippen LogP contribution in [0.15, 0.2) is 53.4 Å². The molecule has 0 bridgehead atoms. The van der Waals surface area contributed by atoms with Gasteiger partial charge in [0, 0.05) is 36.8 Å². The van der Waals surface area contributed by atoms with E-state index in [0.29, 0.717) is 10.6 Å². The number of halogens is 1. The van der Waals surface area contributed by atoms with E-state index < -0.39 is 21.7 Å². The van der Waals surface area contributed by atoms with Crippen LogP contribution in [0.5, 0.6) is 0 Å². The van der Waals surface area contributed by atoms with E-state index in [0.717, 1.165) is 5.56 Å². The van der Waals surface area contributed by atoms with E-state index in [-0.39, 0.29) is 36.5 Å². The second-order valence-corrected chi connectivity index (χ2v) is 10.7. The van der Waals surface area contributed by atoms with Gasteiger partial charge < -0.3 is 4.90 Å². The molecule has 0 unspecified atom stereocenters. The van der Waals surface area contributed by atoms with Gasteiger partial charge in [-0.2, -0.15) is 4.31 Å². The molecule has 1 fully saturated rings. The Bertz CT molecular complexity index is 1050. The number of amides is 1. The zero-order chi connectivity index (χ0) is 22.1. The molecule has 0 atom stereocenters. The number of carbonyl (C=O) groups excluding carboxylic acids is 2. The molecule has 1 heterocycles. The minimum atomic E-state index is -3.70. The first-order valence-electron chi connectivity index (χ1n) is 9.70. The predicted octanol–water partition coefficient (Wildman–Crippen LogP) is 3.35. The molecule has 160 valence electrons. The third-order valence-electron chi connectivity index (χ3n) is 5.17. The standard InChI is InChI=1S/C22H25ClN2O4S/c1-22(2,3)17-9-7-16(8-10-17)20(26)21(27)24-11-13-25(14-12-24)30(28,29)19-6-4-5-18(23)15-19/h4-10,15H,11-14H2,1-3H3. The van der Waals surface area contributed by atoms with Crippen LogP contribution in [0.2, 0.25) is 5.02 Å². The highest BCUT2D eigenvalue weighted by molar-refractivity contribution is 7.89. The molecule has 6 nitrogen and oxygen atoms in total. The smallest absolute Gasteiger partial charge is 0.295 e. The van der Waals surface area contributed by atoms with E-state index in [1.807, 2.05) is 12.1 Å². The third kappa shape index (κ3) is 4.74. The van der Waals surface area contributed by atoms with Gasteiger partial charge in [-0.15, -0.1) is 0 Å². The Hall–Kier alpha value is -2.22. The van der Waals surface area contributed by atoms with Crippen LogP contribution < -0.4 is 0 Å². The Kier molecular flexibility index (Phi) is 6.36. The Morgan fingerprint density at radius 2 is 1.53 bits per heavy atom.